The lowest BCUT2D eigenvalue weighted by Crippen LogP contribution is -2.23. The minimum Gasteiger partial charge on any atom is -0.324 e. The Balaban J connectivity index is 1.75. The van der Waals surface area contributed by atoms with Gasteiger partial charge in [-0.2, -0.15) is 5.26 Å². The highest BCUT2D eigenvalue weighted by atomic mass is 32.2. The van der Waals surface area contributed by atoms with E-state index in [0.29, 0.717) is 16.4 Å². The number of amides is 1. The summed E-state index contributed by atoms with van der Waals surface area (Å²) < 4.78 is 1.89. The van der Waals surface area contributed by atoms with Crippen LogP contribution in [-0.2, 0) is 11.8 Å². The van der Waals surface area contributed by atoms with Gasteiger partial charge in [0, 0.05) is 12.6 Å². The molecule has 0 bridgehead atoms. The van der Waals surface area contributed by atoms with Gasteiger partial charge >= 0.3 is 0 Å². The van der Waals surface area contributed by atoms with E-state index >= 15 is 0 Å². The number of hydrogen-bond acceptors (Lipinski definition) is 5. The summed E-state index contributed by atoms with van der Waals surface area (Å²) in [4.78, 5) is 12.5. The molecule has 7 heteroatoms. The van der Waals surface area contributed by atoms with Gasteiger partial charge in [0.05, 0.1) is 16.5 Å². The van der Waals surface area contributed by atoms with E-state index in [1.807, 2.05) is 42.8 Å². The fourth-order valence-corrected chi connectivity index (χ4v) is 3.43. The summed E-state index contributed by atoms with van der Waals surface area (Å²) in [5, 5.41) is 20.7. The number of para-hydroxylation sites is 1. The monoisotopic (exact) mass is 377 g/mol. The van der Waals surface area contributed by atoms with E-state index in [2.05, 4.69) is 21.6 Å². The van der Waals surface area contributed by atoms with Crippen molar-refractivity contribution in [2.75, 3.05) is 5.32 Å². The van der Waals surface area contributed by atoms with Gasteiger partial charge in [0.1, 0.15) is 6.07 Å². The summed E-state index contributed by atoms with van der Waals surface area (Å²) in [6, 6.07) is 17.0. The molecule has 0 saturated carbocycles. The molecule has 1 aromatic heterocycles. The number of hydrogen-bond donors (Lipinski definition) is 1. The molecule has 27 heavy (non-hydrogen) atoms. The lowest BCUT2D eigenvalue weighted by molar-refractivity contribution is -0.115. The van der Waals surface area contributed by atoms with Crippen LogP contribution in [0.25, 0.3) is 11.4 Å². The number of aryl methyl sites for hydroxylation is 1. The van der Waals surface area contributed by atoms with E-state index in [0.717, 1.165) is 17.0 Å². The molecular weight excluding hydrogens is 358 g/mol. The molecule has 0 saturated heterocycles. The van der Waals surface area contributed by atoms with Crippen LogP contribution in [0.4, 0.5) is 5.69 Å². The first-order valence-electron chi connectivity index (χ1n) is 8.43. The molecule has 2 aromatic carbocycles. The Morgan fingerprint density at radius 2 is 1.89 bits per heavy atom. The molecule has 0 aliphatic carbocycles. The lowest BCUT2D eigenvalue weighted by Gasteiger charge is -2.12. The van der Waals surface area contributed by atoms with Gasteiger partial charge in [0.25, 0.3) is 0 Å². The van der Waals surface area contributed by atoms with Gasteiger partial charge in [-0.25, -0.2) is 0 Å². The number of aromatic nitrogens is 3. The fourth-order valence-electron chi connectivity index (χ4n) is 2.61. The van der Waals surface area contributed by atoms with Gasteiger partial charge in [0.2, 0.25) is 5.91 Å². The van der Waals surface area contributed by atoms with Crippen molar-refractivity contribution < 1.29 is 4.79 Å². The molecule has 1 atom stereocenters. The molecule has 3 aromatic rings. The SMILES string of the molecule is Cc1ccccc1-c1nnc(S[C@@H](C)C(=O)Nc2ccccc2C#N)n1C. The van der Waals surface area contributed by atoms with E-state index in [9.17, 15) is 4.79 Å². The highest BCUT2D eigenvalue weighted by Crippen LogP contribution is 2.28. The quantitative estimate of drug-likeness (QED) is 0.684. The summed E-state index contributed by atoms with van der Waals surface area (Å²) in [6.45, 7) is 3.83. The standard InChI is InChI=1S/C20H19N5OS/c1-13-8-4-6-10-16(13)18-23-24-20(25(18)3)27-14(2)19(26)22-17-11-7-5-9-15(17)12-21/h4-11,14H,1-3H3,(H,22,26)/t14-/m0/s1. The maximum Gasteiger partial charge on any atom is 0.237 e. The van der Waals surface area contributed by atoms with Gasteiger partial charge in [-0.15, -0.1) is 10.2 Å². The molecular formula is C20H19N5OS. The van der Waals surface area contributed by atoms with Crippen molar-refractivity contribution >= 4 is 23.4 Å². The van der Waals surface area contributed by atoms with Gasteiger partial charge < -0.3 is 9.88 Å². The number of rotatable bonds is 5. The predicted octanol–water partition coefficient (Wildman–Crippen LogP) is 3.78. The summed E-state index contributed by atoms with van der Waals surface area (Å²) >= 11 is 1.33. The normalized spacial score (nSPS) is 11.6. The number of nitrogens with zero attached hydrogens (tertiary/aromatic N) is 4. The van der Waals surface area contributed by atoms with Gasteiger partial charge in [0.15, 0.2) is 11.0 Å². The highest BCUT2D eigenvalue weighted by Gasteiger charge is 2.20. The van der Waals surface area contributed by atoms with Gasteiger partial charge in [-0.05, 0) is 31.5 Å². The highest BCUT2D eigenvalue weighted by molar-refractivity contribution is 8.00. The Labute approximate surface area is 162 Å². The molecule has 0 spiro atoms. The van der Waals surface area contributed by atoms with Crippen LogP contribution in [0, 0.1) is 18.3 Å². The smallest absolute Gasteiger partial charge is 0.237 e. The number of thioether (sulfide) groups is 1. The molecule has 3 rings (SSSR count). The van der Waals surface area contributed by atoms with Gasteiger partial charge in [-0.1, -0.05) is 48.2 Å². The molecule has 136 valence electrons. The Bertz CT molecular complexity index is 1020. The zero-order chi connectivity index (χ0) is 19.4. The van der Waals surface area contributed by atoms with Crippen LogP contribution < -0.4 is 5.32 Å². The van der Waals surface area contributed by atoms with Crippen molar-refractivity contribution in [2.45, 2.75) is 24.3 Å². The van der Waals surface area contributed by atoms with E-state index in [4.69, 9.17) is 5.26 Å². The Morgan fingerprint density at radius 1 is 1.19 bits per heavy atom. The van der Waals surface area contributed by atoms with Crippen molar-refractivity contribution in [3.63, 3.8) is 0 Å². The van der Waals surface area contributed by atoms with Crippen molar-refractivity contribution in [2.24, 2.45) is 7.05 Å². The van der Waals surface area contributed by atoms with Crippen LogP contribution in [0.3, 0.4) is 0 Å². The Hall–Kier alpha value is -3.11. The average Bonchev–Trinajstić information content (AvgIpc) is 3.03. The van der Waals surface area contributed by atoms with Crippen molar-refractivity contribution in [1.82, 2.24) is 14.8 Å². The summed E-state index contributed by atoms with van der Waals surface area (Å²) in [6.07, 6.45) is 0. The molecule has 1 amide bonds. The third kappa shape index (κ3) is 4.01. The van der Waals surface area contributed by atoms with Crippen LogP contribution in [-0.4, -0.2) is 25.9 Å². The first-order valence-corrected chi connectivity index (χ1v) is 9.31. The average molecular weight is 377 g/mol. The second-order valence-electron chi connectivity index (χ2n) is 6.09. The predicted molar refractivity (Wildman–Crippen MR) is 106 cm³/mol. The topological polar surface area (TPSA) is 83.6 Å². The number of anilines is 1. The van der Waals surface area contributed by atoms with Crippen LogP contribution in [0.1, 0.15) is 18.1 Å². The van der Waals surface area contributed by atoms with Gasteiger partial charge in [-0.3, -0.25) is 4.79 Å². The zero-order valence-electron chi connectivity index (χ0n) is 15.3. The number of nitrogens with one attached hydrogen (secondary N) is 1. The summed E-state index contributed by atoms with van der Waals surface area (Å²) in [5.74, 6) is 0.571. The molecule has 0 aliphatic rings. The van der Waals surface area contributed by atoms with Crippen LogP contribution in [0.15, 0.2) is 53.7 Å². The lowest BCUT2D eigenvalue weighted by atomic mass is 10.1. The zero-order valence-corrected chi connectivity index (χ0v) is 16.1. The largest absolute Gasteiger partial charge is 0.324 e. The molecule has 0 unspecified atom stereocenters. The first kappa shape index (κ1) is 18.7. The van der Waals surface area contributed by atoms with E-state index in [1.54, 1.807) is 31.2 Å². The van der Waals surface area contributed by atoms with E-state index in [-0.39, 0.29) is 5.91 Å². The van der Waals surface area contributed by atoms with E-state index in [1.165, 1.54) is 11.8 Å². The van der Waals surface area contributed by atoms with Crippen LogP contribution in [0.5, 0.6) is 0 Å². The maximum atomic E-state index is 12.5. The van der Waals surface area contributed by atoms with Crippen molar-refractivity contribution in [1.29, 1.82) is 5.26 Å². The molecule has 0 fully saturated rings. The second kappa shape index (κ2) is 8.06. The maximum absolute atomic E-state index is 12.5. The van der Waals surface area contributed by atoms with Crippen LogP contribution >= 0.6 is 11.8 Å². The Kier molecular flexibility index (Phi) is 5.57. The number of carbonyl (C=O) groups is 1. The third-order valence-electron chi connectivity index (χ3n) is 4.18. The number of benzene rings is 2. The van der Waals surface area contributed by atoms with E-state index < -0.39 is 5.25 Å². The first-order chi connectivity index (χ1) is 13.0. The third-order valence-corrected chi connectivity index (χ3v) is 5.31. The minimum atomic E-state index is -0.399. The minimum absolute atomic E-state index is 0.192. The number of carbonyl (C=O) groups excluding carboxylic acids is 1. The molecule has 1 heterocycles. The Morgan fingerprint density at radius 3 is 2.63 bits per heavy atom. The summed E-state index contributed by atoms with van der Waals surface area (Å²) in [7, 11) is 1.89. The van der Waals surface area contributed by atoms with Crippen molar-refractivity contribution in [3.8, 4) is 17.5 Å². The molecule has 6 nitrogen and oxygen atoms in total. The fraction of sp³-hybridized carbons (Fsp3) is 0.200. The summed E-state index contributed by atoms with van der Waals surface area (Å²) in [5.41, 5.74) is 3.07. The molecule has 1 N–H and O–H groups in total. The van der Waals surface area contributed by atoms with Crippen molar-refractivity contribution in [3.05, 3.63) is 59.7 Å². The van der Waals surface area contributed by atoms with Crippen LogP contribution in [0.2, 0.25) is 0 Å². The number of nitriles is 1. The second-order valence-corrected chi connectivity index (χ2v) is 7.39. The molecule has 0 aliphatic heterocycles. The molecule has 0 radical (unpaired) electrons.